The summed E-state index contributed by atoms with van der Waals surface area (Å²) in [6.07, 6.45) is -20.9. The maximum atomic E-state index is 12.5. The highest BCUT2D eigenvalue weighted by Crippen LogP contribution is 2.31. The molecule has 0 aromatic heterocycles. The van der Waals surface area contributed by atoms with E-state index in [1.165, 1.54) is 0 Å². The first kappa shape index (κ1) is 47.5. The van der Waals surface area contributed by atoms with Crippen LogP contribution >= 0.6 is 0 Å². The molecule has 3 rings (SSSR count). The largest absolute Gasteiger partial charge is 0.394 e. The van der Waals surface area contributed by atoms with Gasteiger partial charge in [0.1, 0.15) is 85.3 Å². The van der Waals surface area contributed by atoms with Crippen molar-refractivity contribution in [3.63, 3.8) is 0 Å². The first-order valence-corrected chi connectivity index (χ1v) is 18.5. The topological polar surface area (TPSA) is 359 Å². The molecule has 1 amide bonds. The Balaban J connectivity index is 1.53. The number of aliphatic hydroxyl groups is 10. The molecule has 3 heterocycles. The van der Waals surface area contributed by atoms with Gasteiger partial charge in [0, 0.05) is 19.3 Å². The normalized spacial score (nSPS) is 37.3. The molecule has 3 aliphatic heterocycles. The molecule has 0 aromatic rings. The predicted molar refractivity (Wildman–Crippen MR) is 182 cm³/mol. The van der Waals surface area contributed by atoms with Crippen LogP contribution in [0.15, 0.2) is 0 Å². The second-order valence-electron chi connectivity index (χ2n) is 13.8. The van der Waals surface area contributed by atoms with Crippen LogP contribution in [0, 0.1) is 0 Å². The molecule has 0 aliphatic carbocycles. The molecule has 0 radical (unpaired) electrons. The number of ketones is 1. The number of nitrogens with two attached hydrogens (primary N) is 1. The second kappa shape index (κ2) is 24.1. The highest BCUT2D eigenvalue weighted by molar-refractivity contribution is 5.78. The van der Waals surface area contributed by atoms with E-state index in [1.54, 1.807) is 0 Å². The summed E-state index contributed by atoms with van der Waals surface area (Å²) >= 11 is 0. The Bertz CT molecular complexity index is 1140. The molecule has 22 heteroatoms. The molecular formula is C33H59N3O19. The molecule has 320 valence electrons. The number of carbonyl (C=O) groups is 3. The number of unbranched alkanes of at least 4 members (excludes halogenated alkanes) is 2. The summed E-state index contributed by atoms with van der Waals surface area (Å²) in [6.45, 7) is -1.77. The van der Waals surface area contributed by atoms with Gasteiger partial charge in [-0.2, -0.15) is 0 Å². The number of aldehydes is 1. The highest BCUT2D eigenvalue weighted by Gasteiger charge is 2.52. The third-order valence-corrected chi connectivity index (χ3v) is 9.58. The fourth-order valence-corrected chi connectivity index (χ4v) is 6.19. The molecule has 14 N–H and O–H groups in total. The SMILES string of the molecule is NCCCC[C@@H](C=O)NNC(=O)CCCCC(=O)CCCO[C@H]1O[C@H](CO[C@H]2O[C@H](CO)[C@@H](O)[C@H](O)[C@@H]2O)[C@@H](O)[C@H](O[C@H]2O[C@H](CO)[C@@H](O)[C@H](O)[C@@H]2O)[C@@H]1O. The van der Waals surface area contributed by atoms with Crippen LogP contribution in [0.4, 0.5) is 0 Å². The molecule has 3 aliphatic rings. The minimum Gasteiger partial charge on any atom is -0.394 e. The van der Waals surface area contributed by atoms with E-state index < -0.39 is 118 Å². The van der Waals surface area contributed by atoms with Crippen molar-refractivity contribution in [2.75, 3.05) is 33.0 Å². The molecule has 3 fully saturated rings. The highest BCUT2D eigenvalue weighted by atomic mass is 16.7. The first-order valence-electron chi connectivity index (χ1n) is 18.5. The number of Topliss-reactive ketones (excluding diaryl/α,β-unsaturated/α-hetero) is 1. The van der Waals surface area contributed by atoms with Crippen molar-refractivity contribution in [1.82, 2.24) is 10.9 Å². The van der Waals surface area contributed by atoms with Crippen LogP contribution in [0.1, 0.15) is 57.8 Å². The van der Waals surface area contributed by atoms with E-state index in [1.807, 2.05) is 0 Å². The average molecular weight is 802 g/mol. The van der Waals surface area contributed by atoms with E-state index in [0.717, 1.165) is 12.8 Å². The third-order valence-electron chi connectivity index (χ3n) is 9.58. The minimum absolute atomic E-state index is 0.0669. The molecule has 55 heavy (non-hydrogen) atoms. The minimum atomic E-state index is -1.90. The number of hydrogen-bond donors (Lipinski definition) is 13. The fourth-order valence-electron chi connectivity index (χ4n) is 6.19. The maximum Gasteiger partial charge on any atom is 0.234 e. The summed E-state index contributed by atoms with van der Waals surface area (Å²) in [5, 5.41) is 103. The lowest BCUT2D eigenvalue weighted by Gasteiger charge is -2.46. The molecule has 16 atom stereocenters. The number of amides is 1. The van der Waals surface area contributed by atoms with Crippen LogP contribution in [0.25, 0.3) is 0 Å². The van der Waals surface area contributed by atoms with E-state index in [4.69, 9.17) is 34.2 Å². The van der Waals surface area contributed by atoms with Gasteiger partial charge in [-0.25, -0.2) is 5.43 Å². The molecule has 0 saturated carbocycles. The van der Waals surface area contributed by atoms with Crippen LogP contribution in [0.2, 0.25) is 0 Å². The number of hydrazine groups is 1. The molecule has 0 aromatic carbocycles. The van der Waals surface area contributed by atoms with Crippen molar-refractivity contribution in [2.24, 2.45) is 5.73 Å². The lowest BCUT2D eigenvalue weighted by Crippen LogP contribution is -2.65. The lowest BCUT2D eigenvalue weighted by atomic mass is 9.96. The van der Waals surface area contributed by atoms with Crippen molar-refractivity contribution in [3.8, 4) is 0 Å². The number of carbonyl (C=O) groups excluding carboxylic acids is 3. The van der Waals surface area contributed by atoms with Crippen molar-refractivity contribution < 1.29 is 93.9 Å². The van der Waals surface area contributed by atoms with Crippen LogP contribution in [0.5, 0.6) is 0 Å². The van der Waals surface area contributed by atoms with Gasteiger partial charge < -0.3 is 90.0 Å². The zero-order valence-corrected chi connectivity index (χ0v) is 30.4. The van der Waals surface area contributed by atoms with Crippen LogP contribution in [-0.2, 0) is 42.8 Å². The van der Waals surface area contributed by atoms with Crippen molar-refractivity contribution in [2.45, 2.75) is 156 Å². The standard InChI is InChI=1S/C33H59N3O19/c34-10-4-3-6-16(12-37)35-36-21(41)9-2-1-7-17(40)8-5-11-50-32-29(49)30(55-33-28(48)26(46)23(43)19(14-39)53-33)24(44)20(54-32)15-51-31-27(47)25(45)22(42)18(13-38)52-31/h12,16,18-20,22-33,35,38-39,42-49H,1-11,13-15,34H2,(H,36,41)/t16-,18+,19+,20+,22+,23+,24+,25-,26-,27-,28-,29-,30-,31-,32-,33+/m0/s1. The van der Waals surface area contributed by atoms with E-state index >= 15 is 0 Å². The number of hydrogen-bond acceptors (Lipinski definition) is 21. The summed E-state index contributed by atoms with van der Waals surface area (Å²) < 4.78 is 33.3. The molecule has 22 nitrogen and oxygen atoms in total. The van der Waals surface area contributed by atoms with Gasteiger partial charge in [0.2, 0.25) is 5.91 Å². The summed E-state index contributed by atoms with van der Waals surface area (Å²) in [4.78, 5) is 35.7. The molecule has 0 bridgehead atoms. The summed E-state index contributed by atoms with van der Waals surface area (Å²) in [7, 11) is 0. The molecule has 0 unspecified atom stereocenters. The third kappa shape index (κ3) is 13.9. The summed E-state index contributed by atoms with van der Waals surface area (Å²) in [5.74, 6) is -0.452. The van der Waals surface area contributed by atoms with Crippen LogP contribution < -0.4 is 16.6 Å². The Labute approximate surface area is 317 Å². The lowest BCUT2D eigenvalue weighted by molar-refractivity contribution is -0.366. The number of ether oxygens (including phenoxy) is 6. The van der Waals surface area contributed by atoms with Crippen molar-refractivity contribution in [3.05, 3.63) is 0 Å². The van der Waals surface area contributed by atoms with E-state index in [9.17, 15) is 65.4 Å². The van der Waals surface area contributed by atoms with E-state index in [2.05, 4.69) is 10.9 Å². The Kier molecular flexibility index (Phi) is 20.8. The molecule has 0 spiro atoms. The predicted octanol–water partition coefficient (Wildman–Crippen LogP) is -6.32. The van der Waals surface area contributed by atoms with Crippen molar-refractivity contribution >= 4 is 18.0 Å². The zero-order chi connectivity index (χ0) is 40.7. The molecular weight excluding hydrogens is 742 g/mol. The Morgan fingerprint density at radius 1 is 0.655 bits per heavy atom. The van der Waals surface area contributed by atoms with Gasteiger partial charge in [-0.05, 0) is 38.6 Å². The Morgan fingerprint density at radius 2 is 1.22 bits per heavy atom. The number of nitrogens with one attached hydrogen (secondary N) is 2. The van der Waals surface area contributed by atoms with Gasteiger partial charge in [-0.1, -0.05) is 6.42 Å². The quantitative estimate of drug-likeness (QED) is 0.0245. The van der Waals surface area contributed by atoms with Gasteiger partial charge in [0.05, 0.1) is 32.5 Å². The van der Waals surface area contributed by atoms with Gasteiger partial charge in [0.15, 0.2) is 18.9 Å². The van der Waals surface area contributed by atoms with Gasteiger partial charge in [-0.3, -0.25) is 15.0 Å². The first-order chi connectivity index (χ1) is 26.3. The van der Waals surface area contributed by atoms with Crippen LogP contribution in [0.3, 0.4) is 0 Å². The average Bonchev–Trinajstić information content (AvgIpc) is 3.17. The van der Waals surface area contributed by atoms with Crippen LogP contribution in [-0.4, -0.2) is 200 Å². The summed E-state index contributed by atoms with van der Waals surface area (Å²) in [5.41, 5.74) is 10.6. The Morgan fingerprint density at radius 3 is 1.84 bits per heavy atom. The smallest absolute Gasteiger partial charge is 0.234 e. The van der Waals surface area contributed by atoms with Crippen molar-refractivity contribution in [1.29, 1.82) is 0 Å². The monoisotopic (exact) mass is 801 g/mol. The van der Waals surface area contributed by atoms with Gasteiger partial charge in [-0.15, -0.1) is 0 Å². The summed E-state index contributed by atoms with van der Waals surface area (Å²) in [6, 6.07) is -0.527. The maximum absolute atomic E-state index is 12.5. The van der Waals surface area contributed by atoms with E-state index in [-0.39, 0.29) is 44.0 Å². The van der Waals surface area contributed by atoms with Gasteiger partial charge in [0.25, 0.3) is 0 Å². The second-order valence-corrected chi connectivity index (χ2v) is 13.8. The number of aliphatic hydroxyl groups excluding tert-OH is 10. The van der Waals surface area contributed by atoms with E-state index in [0.29, 0.717) is 32.1 Å². The number of rotatable bonds is 24. The fraction of sp³-hybridized carbons (Fsp3) is 0.909. The van der Waals surface area contributed by atoms with Gasteiger partial charge >= 0.3 is 0 Å². The zero-order valence-electron chi connectivity index (χ0n) is 30.4. The Hall–Kier alpha value is -1.91. The molecule has 3 saturated heterocycles.